The monoisotopic (exact) mass is 342 g/mol. The van der Waals surface area contributed by atoms with E-state index in [1.54, 1.807) is 24.7 Å². The standard InChI is InChI=1S/C19H14N6O/c20-9-17-18(25-16-6-2-1-3-7-16)15(12-22-19(17)26)13-24-23-11-14-5-4-8-21-10-14/h1-8,10-13H,(H2,22,25,26)/b23-11?,24-13+. The van der Waals surface area contributed by atoms with Crippen molar-refractivity contribution in [3.8, 4) is 6.07 Å². The number of H-pyrrole nitrogens is 1. The summed E-state index contributed by atoms with van der Waals surface area (Å²) in [5, 5.41) is 20.4. The van der Waals surface area contributed by atoms with E-state index < -0.39 is 5.56 Å². The third kappa shape index (κ3) is 4.07. The summed E-state index contributed by atoms with van der Waals surface area (Å²) < 4.78 is 0. The van der Waals surface area contributed by atoms with Crippen LogP contribution in [0.25, 0.3) is 0 Å². The minimum absolute atomic E-state index is 0.0194. The lowest BCUT2D eigenvalue weighted by Gasteiger charge is -2.10. The summed E-state index contributed by atoms with van der Waals surface area (Å²) in [4.78, 5) is 18.4. The highest BCUT2D eigenvalue weighted by atomic mass is 16.1. The molecule has 2 aromatic heterocycles. The van der Waals surface area contributed by atoms with Gasteiger partial charge in [-0.3, -0.25) is 9.78 Å². The number of nitrogens with zero attached hydrogens (tertiary/aromatic N) is 4. The first-order valence-electron chi connectivity index (χ1n) is 7.72. The highest BCUT2D eigenvalue weighted by molar-refractivity contribution is 5.91. The minimum Gasteiger partial charge on any atom is -0.354 e. The van der Waals surface area contributed by atoms with Gasteiger partial charge in [0.1, 0.15) is 11.6 Å². The number of rotatable bonds is 5. The smallest absolute Gasteiger partial charge is 0.268 e. The normalized spacial score (nSPS) is 10.9. The first-order chi connectivity index (χ1) is 12.8. The van der Waals surface area contributed by atoms with Crippen molar-refractivity contribution in [3.05, 3.63) is 88.1 Å². The van der Waals surface area contributed by atoms with Gasteiger partial charge in [-0.2, -0.15) is 15.5 Å². The first kappa shape index (κ1) is 16.8. The van der Waals surface area contributed by atoms with Gasteiger partial charge in [-0.15, -0.1) is 0 Å². The van der Waals surface area contributed by atoms with Crippen LogP contribution in [-0.2, 0) is 0 Å². The van der Waals surface area contributed by atoms with Crippen molar-refractivity contribution in [2.24, 2.45) is 10.2 Å². The van der Waals surface area contributed by atoms with Gasteiger partial charge in [0.05, 0.1) is 18.1 Å². The predicted molar refractivity (Wildman–Crippen MR) is 101 cm³/mol. The Balaban J connectivity index is 1.91. The first-order valence-corrected chi connectivity index (χ1v) is 7.72. The Morgan fingerprint density at radius 1 is 1.12 bits per heavy atom. The summed E-state index contributed by atoms with van der Waals surface area (Å²) in [5.74, 6) is 0. The van der Waals surface area contributed by atoms with Crippen LogP contribution in [-0.4, -0.2) is 22.4 Å². The van der Waals surface area contributed by atoms with Crippen molar-refractivity contribution in [2.75, 3.05) is 5.32 Å². The third-order valence-electron chi connectivity index (χ3n) is 3.43. The fourth-order valence-corrected chi connectivity index (χ4v) is 2.20. The van der Waals surface area contributed by atoms with Crippen LogP contribution in [0, 0.1) is 11.3 Å². The Hall–Kier alpha value is -4.05. The minimum atomic E-state index is -0.470. The van der Waals surface area contributed by atoms with Gasteiger partial charge < -0.3 is 10.3 Å². The lowest BCUT2D eigenvalue weighted by atomic mass is 10.1. The third-order valence-corrected chi connectivity index (χ3v) is 3.43. The molecule has 0 unspecified atom stereocenters. The number of anilines is 2. The van der Waals surface area contributed by atoms with Crippen molar-refractivity contribution in [2.45, 2.75) is 0 Å². The van der Waals surface area contributed by atoms with Gasteiger partial charge in [0.25, 0.3) is 5.56 Å². The largest absolute Gasteiger partial charge is 0.354 e. The zero-order valence-electron chi connectivity index (χ0n) is 13.6. The Bertz CT molecular complexity index is 1030. The molecule has 3 aromatic rings. The van der Waals surface area contributed by atoms with E-state index in [1.807, 2.05) is 42.5 Å². The molecule has 0 bridgehead atoms. The summed E-state index contributed by atoms with van der Waals surface area (Å²) in [6, 6.07) is 14.8. The molecule has 26 heavy (non-hydrogen) atoms. The molecule has 0 amide bonds. The van der Waals surface area contributed by atoms with Crippen molar-refractivity contribution in [3.63, 3.8) is 0 Å². The van der Waals surface area contributed by atoms with E-state index in [0.29, 0.717) is 11.3 Å². The molecular formula is C19H14N6O. The van der Waals surface area contributed by atoms with E-state index in [4.69, 9.17) is 0 Å². The van der Waals surface area contributed by atoms with Crippen LogP contribution in [0.5, 0.6) is 0 Å². The molecule has 0 aliphatic heterocycles. The zero-order chi connectivity index (χ0) is 18.2. The van der Waals surface area contributed by atoms with Gasteiger partial charge in [0.2, 0.25) is 0 Å². The van der Waals surface area contributed by atoms with E-state index in [2.05, 4.69) is 25.5 Å². The number of benzene rings is 1. The van der Waals surface area contributed by atoms with Crippen LogP contribution in [0.15, 0.2) is 76.1 Å². The molecule has 0 aliphatic rings. The molecule has 0 atom stereocenters. The second kappa shape index (κ2) is 8.17. The summed E-state index contributed by atoms with van der Waals surface area (Å²) in [6.07, 6.45) is 7.85. The maximum Gasteiger partial charge on any atom is 0.268 e. The van der Waals surface area contributed by atoms with E-state index in [9.17, 15) is 10.1 Å². The molecule has 0 spiro atoms. The lowest BCUT2D eigenvalue weighted by Crippen LogP contribution is -2.14. The van der Waals surface area contributed by atoms with Gasteiger partial charge in [-0.05, 0) is 18.2 Å². The second-order valence-corrected chi connectivity index (χ2v) is 5.20. The number of hydrogen-bond donors (Lipinski definition) is 2. The Labute approximate surface area is 149 Å². The number of nitrogens with one attached hydrogen (secondary N) is 2. The molecule has 126 valence electrons. The lowest BCUT2D eigenvalue weighted by molar-refractivity contribution is 1.20. The van der Waals surface area contributed by atoms with Crippen LogP contribution in [0.2, 0.25) is 0 Å². The van der Waals surface area contributed by atoms with E-state index in [-0.39, 0.29) is 5.56 Å². The summed E-state index contributed by atoms with van der Waals surface area (Å²) >= 11 is 0. The molecule has 0 fully saturated rings. The molecule has 0 radical (unpaired) electrons. The highest BCUT2D eigenvalue weighted by Crippen LogP contribution is 2.21. The van der Waals surface area contributed by atoms with E-state index >= 15 is 0 Å². The zero-order valence-corrected chi connectivity index (χ0v) is 13.6. The maximum atomic E-state index is 11.9. The van der Waals surface area contributed by atoms with Gasteiger partial charge in [0, 0.05) is 35.4 Å². The van der Waals surface area contributed by atoms with E-state index in [1.165, 1.54) is 12.4 Å². The van der Waals surface area contributed by atoms with Crippen LogP contribution < -0.4 is 10.9 Å². The number of hydrogen-bond acceptors (Lipinski definition) is 6. The molecule has 7 heteroatoms. The molecule has 0 saturated carbocycles. The van der Waals surface area contributed by atoms with Crippen LogP contribution in [0.3, 0.4) is 0 Å². The molecule has 2 heterocycles. The molecule has 2 N–H and O–H groups in total. The van der Waals surface area contributed by atoms with Crippen molar-refractivity contribution < 1.29 is 0 Å². The number of pyridine rings is 2. The molecular weight excluding hydrogens is 328 g/mol. The van der Waals surface area contributed by atoms with Gasteiger partial charge in [0.15, 0.2) is 0 Å². The highest BCUT2D eigenvalue weighted by Gasteiger charge is 2.11. The summed E-state index contributed by atoms with van der Waals surface area (Å²) in [7, 11) is 0. The van der Waals surface area contributed by atoms with Gasteiger partial charge >= 0.3 is 0 Å². The number of para-hydroxylation sites is 1. The predicted octanol–water partition coefficient (Wildman–Crippen LogP) is 2.84. The number of aromatic nitrogens is 2. The van der Waals surface area contributed by atoms with E-state index in [0.717, 1.165) is 11.3 Å². The average Bonchev–Trinajstić information content (AvgIpc) is 2.68. The van der Waals surface area contributed by atoms with Gasteiger partial charge in [-0.25, -0.2) is 0 Å². The van der Waals surface area contributed by atoms with Crippen LogP contribution in [0.1, 0.15) is 16.7 Å². The number of aromatic amines is 1. The Kier molecular flexibility index (Phi) is 5.28. The van der Waals surface area contributed by atoms with Crippen molar-refractivity contribution >= 4 is 23.8 Å². The maximum absolute atomic E-state index is 11.9. The molecule has 0 saturated heterocycles. The van der Waals surface area contributed by atoms with Crippen LogP contribution in [0.4, 0.5) is 11.4 Å². The molecule has 3 rings (SSSR count). The SMILES string of the molecule is N#Cc1c(Nc2ccccc2)c(/C=N/N=Cc2cccnc2)c[nH]c1=O. The second-order valence-electron chi connectivity index (χ2n) is 5.20. The topological polar surface area (TPSA) is 106 Å². The summed E-state index contributed by atoms with van der Waals surface area (Å²) in [6.45, 7) is 0. The van der Waals surface area contributed by atoms with Crippen LogP contribution >= 0.6 is 0 Å². The van der Waals surface area contributed by atoms with Crippen molar-refractivity contribution in [1.29, 1.82) is 5.26 Å². The Morgan fingerprint density at radius 3 is 2.65 bits per heavy atom. The summed E-state index contributed by atoms with van der Waals surface area (Å²) in [5.41, 5.74) is 1.99. The molecule has 0 aliphatic carbocycles. The van der Waals surface area contributed by atoms with Gasteiger partial charge in [-0.1, -0.05) is 24.3 Å². The fourth-order valence-electron chi connectivity index (χ4n) is 2.20. The molecule has 7 nitrogen and oxygen atoms in total. The fraction of sp³-hybridized carbons (Fsp3) is 0. The van der Waals surface area contributed by atoms with Crippen molar-refractivity contribution in [1.82, 2.24) is 9.97 Å². The molecule has 1 aromatic carbocycles. The Morgan fingerprint density at radius 2 is 1.92 bits per heavy atom. The number of nitriles is 1. The quantitative estimate of drug-likeness (QED) is 0.549. The average molecular weight is 342 g/mol.